The van der Waals surface area contributed by atoms with Gasteiger partial charge in [-0.25, -0.2) is 17.8 Å². The molecule has 0 radical (unpaired) electrons. The van der Waals surface area contributed by atoms with E-state index >= 15 is 0 Å². The first-order valence-electron chi connectivity index (χ1n) is 3.88. The van der Waals surface area contributed by atoms with E-state index in [-0.39, 0.29) is 0 Å². The number of alkyl halides is 3. The van der Waals surface area contributed by atoms with Gasteiger partial charge in [-0.3, -0.25) is 0 Å². The van der Waals surface area contributed by atoms with Crippen molar-refractivity contribution in [2.45, 2.75) is 18.2 Å². The van der Waals surface area contributed by atoms with Gasteiger partial charge in [-0.15, -0.1) is 13.2 Å². The zero-order chi connectivity index (χ0) is 13.4. The zero-order valence-corrected chi connectivity index (χ0v) is 9.62. The Balaban J connectivity index is 3.30. The second-order valence-corrected chi connectivity index (χ2v) is 5.39. The van der Waals surface area contributed by atoms with Gasteiger partial charge in [0, 0.05) is 16.2 Å². The molecular weight excluding hydrogens is 290 g/mol. The van der Waals surface area contributed by atoms with Crippen molar-refractivity contribution >= 4 is 19.7 Å². The van der Waals surface area contributed by atoms with Gasteiger partial charge in [0.25, 0.3) is 14.9 Å². The Kier molecular flexibility index (Phi) is 3.53. The summed E-state index contributed by atoms with van der Waals surface area (Å²) >= 11 is 0. The fourth-order valence-corrected chi connectivity index (χ4v) is 2.07. The predicted octanol–water partition coefficient (Wildman–Crippen LogP) is 2.36. The van der Waals surface area contributed by atoms with Crippen molar-refractivity contribution in [3.05, 3.63) is 17.6 Å². The van der Waals surface area contributed by atoms with E-state index in [1.807, 2.05) is 0 Å². The highest BCUT2D eigenvalue weighted by Crippen LogP contribution is 2.29. The molecule has 0 aliphatic rings. The molecule has 1 aromatic rings. The van der Waals surface area contributed by atoms with Gasteiger partial charge in [0.2, 0.25) is 0 Å². The summed E-state index contributed by atoms with van der Waals surface area (Å²) in [6, 6.07) is 0. The monoisotopic (exact) mass is 293 g/mol. The lowest BCUT2D eigenvalue weighted by molar-refractivity contribution is -0.277. The second-order valence-electron chi connectivity index (χ2n) is 2.85. The third-order valence-corrected chi connectivity index (χ3v) is 3.10. The van der Waals surface area contributed by atoms with Gasteiger partial charge >= 0.3 is 6.36 Å². The average Bonchev–Trinajstić information content (AvgIpc) is 2.08. The summed E-state index contributed by atoms with van der Waals surface area (Å²) in [6.07, 6.45) is -4.64. The van der Waals surface area contributed by atoms with E-state index in [2.05, 4.69) is 9.72 Å². The van der Waals surface area contributed by atoms with E-state index in [1.165, 1.54) is 0 Å². The quantitative estimate of drug-likeness (QED) is 0.620. The Morgan fingerprint density at radius 2 is 1.94 bits per heavy atom. The van der Waals surface area contributed by atoms with Crippen molar-refractivity contribution in [2.24, 2.45) is 0 Å². The Hall–Kier alpha value is -1.09. The lowest BCUT2D eigenvalue weighted by Gasteiger charge is -2.10. The number of rotatable bonds is 2. The normalized spacial score (nSPS) is 12.6. The minimum absolute atomic E-state index is 0.488. The standard InChI is InChI=1S/C7H4ClF4NO3S/c1-3-4(17(8,14)15)2-13-6(5(3)9)16-7(10,11)12/h2H,1H3. The number of hydrogen-bond donors (Lipinski definition) is 0. The van der Waals surface area contributed by atoms with Crippen LogP contribution in [-0.2, 0) is 9.05 Å². The van der Waals surface area contributed by atoms with Crippen LogP contribution < -0.4 is 4.74 Å². The van der Waals surface area contributed by atoms with E-state index < -0.39 is 37.6 Å². The summed E-state index contributed by atoms with van der Waals surface area (Å²) in [5.74, 6) is -2.90. The minimum Gasteiger partial charge on any atom is -0.385 e. The van der Waals surface area contributed by atoms with E-state index in [1.54, 1.807) is 0 Å². The number of aromatic nitrogens is 1. The molecule has 0 fully saturated rings. The Morgan fingerprint density at radius 3 is 2.35 bits per heavy atom. The van der Waals surface area contributed by atoms with Gasteiger partial charge in [-0.05, 0) is 6.92 Å². The first kappa shape index (κ1) is 14.0. The number of nitrogens with zero attached hydrogens (tertiary/aromatic N) is 1. The molecule has 1 heterocycles. The van der Waals surface area contributed by atoms with Crippen LogP contribution in [0.1, 0.15) is 5.56 Å². The van der Waals surface area contributed by atoms with Gasteiger partial charge < -0.3 is 4.74 Å². The summed E-state index contributed by atoms with van der Waals surface area (Å²) < 4.78 is 73.8. The molecule has 17 heavy (non-hydrogen) atoms. The van der Waals surface area contributed by atoms with Gasteiger partial charge in [0.15, 0.2) is 5.82 Å². The third kappa shape index (κ3) is 3.43. The highest BCUT2D eigenvalue weighted by atomic mass is 35.7. The van der Waals surface area contributed by atoms with Crippen molar-refractivity contribution in [3.63, 3.8) is 0 Å². The van der Waals surface area contributed by atoms with Crippen LogP contribution in [0, 0.1) is 12.7 Å². The lowest BCUT2D eigenvalue weighted by atomic mass is 10.3. The van der Waals surface area contributed by atoms with Crippen molar-refractivity contribution in [2.75, 3.05) is 0 Å². The molecule has 0 saturated carbocycles. The van der Waals surface area contributed by atoms with Crippen molar-refractivity contribution in [1.29, 1.82) is 0 Å². The molecule has 0 aliphatic carbocycles. The predicted molar refractivity (Wildman–Crippen MR) is 48.7 cm³/mol. The van der Waals surface area contributed by atoms with Crippen LogP contribution in [0.15, 0.2) is 11.1 Å². The number of halogens is 5. The third-order valence-electron chi connectivity index (χ3n) is 1.66. The van der Waals surface area contributed by atoms with Crippen LogP contribution in [0.25, 0.3) is 0 Å². The maximum atomic E-state index is 13.3. The fraction of sp³-hybridized carbons (Fsp3) is 0.286. The fourth-order valence-electron chi connectivity index (χ4n) is 0.966. The Morgan fingerprint density at radius 1 is 1.41 bits per heavy atom. The van der Waals surface area contributed by atoms with Crippen molar-refractivity contribution in [3.8, 4) is 5.88 Å². The molecule has 4 nitrogen and oxygen atoms in total. The molecule has 0 spiro atoms. The average molecular weight is 294 g/mol. The lowest BCUT2D eigenvalue weighted by Crippen LogP contribution is -2.19. The Bertz CT molecular complexity index is 543. The smallest absolute Gasteiger partial charge is 0.385 e. The highest BCUT2D eigenvalue weighted by Gasteiger charge is 2.34. The maximum Gasteiger partial charge on any atom is 0.574 e. The zero-order valence-electron chi connectivity index (χ0n) is 8.05. The molecule has 10 heteroatoms. The summed E-state index contributed by atoms with van der Waals surface area (Å²) in [4.78, 5) is 2.19. The number of hydrogen-bond acceptors (Lipinski definition) is 4. The molecule has 0 N–H and O–H groups in total. The van der Waals surface area contributed by atoms with E-state index in [9.17, 15) is 26.0 Å². The summed E-state index contributed by atoms with van der Waals surface area (Å²) in [5.41, 5.74) is -0.603. The molecule has 1 rings (SSSR count). The Labute approximate surface area is 97.6 Å². The minimum atomic E-state index is -5.12. The molecule has 1 aromatic heterocycles. The van der Waals surface area contributed by atoms with Gasteiger partial charge in [0.1, 0.15) is 4.90 Å². The van der Waals surface area contributed by atoms with Crippen molar-refractivity contribution in [1.82, 2.24) is 4.98 Å². The largest absolute Gasteiger partial charge is 0.574 e. The van der Waals surface area contributed by atoms with Crippen LogP contribution in [-0.4, -0.2) is 19.8 Å². The summed E-state index contributed by atoms with van der Waals surface area (Å²) in [6.45, 7) is 0.940. The SMILES string of the molecule is Cc1c(S(=O)(=O)Cl)cnc(OC(F)(F)F)c1F. The molecular formula is C7H4ClF4NO3S. The van der Waals surface area contributed by atoms with Gasteiger partial charge in [-0.1, -0.05) is 0 Å². The number of ether oxygens (including phenoxy) is 1. The van der Waals surface area contributed by atoms with E-state index in [4.69, 9.17) is 10.7 Å². The molecule has 0 saturated heterocycles. The highest BCUT2D eigenvalue weighted by molar-refractivity contribution is 8.13. The molecule has 0 bridgehead atoms. The van der Waals surface area contributed by atoms with Gasteiger partial charge in [-0.2, -0.15) is 0 Å². The van der Waals surface area contributed by atoms with Crippen molar-refractivity contribution < 1.29 is 30.7 Å². The van der Waals surface area contributed by atoms with Crippen LogP contribution in [0.3, 0.4) is 0 Å². The molecule has 0 aromatic carbocycles. The van der Waals surface area contributed by atoms with Crippen LogP contribution in [0.5, 0.6) is 5.88 Å². The second kappa shape index (κ2) is 4.30. The number of pyridine rings is 1. The molecule has 0 atom stereocenters. The van der Waals surface area contributed by atoms with Gasteiger partial charge in [0.05, 0.1) is 6.20 Å². The summed E-state index contributed by atoms with van der Waals surface area (Å²) in [7, 11) is 0.640. The molecule has 0 amide bonds. The first-order chi connectivity index (χ1) is 7.52. The van der Waals surface area contributed by atoms with Crippen LogP contribution in [0.4, 0.5) is 17.6 Å². The maximum absolute atomic E-state index is 13.3. The molecule has 0 unspecified atom stereocenters. The molecule has 96 valence electrons. The first-order valence-corrected chi connectivity index (χ1v) is 6.19. The summed E-state index contributed by atoms with van der Waals surface area (Å²) in [5, 5.41) is 0. The molecule has 0 aliphatic heterocycles. The van der Waals surface area contributed by atoms with E-state index in [0.29, 0.717) is 6.20 Å². The van der Waals surface area contributed by atoms with Crippen LogP contribution in [0.2, 0.25) is 0 Å². The topological polar surface area (TPSA) is 56.3 Å². The van der Waals surface area contributed by atoms with E-state index in [0.717, 1.165) is 6.92 Å². The van der Waals surface area contributed by atoms with Crippen LogP contribution >= 0.6 is 10.7 Å².